The van der Waals surface area contributed by atoms with Gasteiger partial charge in [-0.25, -0.2) is 0 Å². The Balaban J connectivity index is 0.00000161. The predicted octanol–water partition coefficient (Wildman–Crippen LogP) is 1.40. The average Bonchev–Trinajstić information content (AvgIpc) is 3.17. The molecule has 3 rings (SSSR count). The second kappa shape index (κ2) is 6.79. The van der Waals surface area contributed by atoms with Gasteiger partial charge in [0.15, 0.2) is 0 Å². The number of rotatable bonds is 3. The van der Waals surface area contributed by atoms with Crippen LogP contribution in [0.3, 0.4) is 0 Å². The van der Waals surface area contributed by atoms with Gasteiger partial charge in [0.25, 0.3) is 0 Å². The topological polar surface area (TPSA) is 50.2 Å². The lowest BCUT2D eigenvalue weighted by Gasteiger charge is -2.23. The summed E-state index contributed by atoms with van der Waals surface area (Å²) < 4.78 is 1.82. The molecule has 2 fully saturated rings. The molecule has 1 aromatic heterocycles. The number of likely N-dealkylation sites (tertiary alicyclic amines) is 1. The predicted molar refractivity (Wildman–Crippen MR) is 84.5 cm³/mol. The molecule has 0 radical (unpaired) electrons. The zero-order valence-corrected chi connectivity index (χ0v) is 13.6. The van der Waals surface area contributed by atoms with E-state index >= 15 is 0 Å². The Morgan fingerprint density at radius 2 is 2.29 bits per heavy atom. The van der Waals surface area contributed by atoms with E-state index in [2.05, 4.69) is 22.2 Å². The fraction of sp³-hybridized carbons (Fsp3) is 0.733. The van der Waals surface area contributed by atoms with Crippen molar-refractivity contribution in [2.45, 2.75) is 25.7 Å². The molecule has 0 aliphatic carbocycles. The first kappa shape index (κ1) is 16.3. The van der Waals surface area contributed by atoms with Gasteiger partial charge in [0.05, 0.1) is 12.1 Å². The molecule has 1 amide bonds. The van der Waals surface area contributed by atoms with Gasteiger partial charge in [0.1, 0.15) is 0 Å². The van der Waals surface area contributed by atoms with Crippen molar-refractivity contribution in [3.63, 3.8) is 0 Å². The SMILES string of the molecule is CCC1CCN(C(=O)[C@H]2CNC[C@@H]2c2cnn(C)c2)C1.Cl. The Bertz CT molecular complexity index is 490. The van der Waals surface area contributed by atoms with Gasteiger partial charge in [0.2, 0.25) is 5.91 Å². The van der Waals surface area contributed by atoms with Crippen molar-refractivity contribution in [3.8, 4) is 0 Å². The first-order chi connectivity index (χ1) is 9.69. The number of aryl methyl sites for hydroxylation is 1. The second-order valence-corrected chi connectivity index (χ2v) is 6.17. The lowest BCUT2D eigenvalue weighted by molar-refractivity contribution is -0.134. The standard InChI is InChI=1S/C15H24N4O.ClH/c1-3-11-4-5-19(9-11)15(20)14-8-16-7-13(14)12-6-17-18(2)10-12;/h6,10-11,13-14,16H,3-5,7-9H2,1-2H3;1H/t11?,13-,14+;/m1./s1. The van der Waals surface area contributed by atoms with Crippen LogP contribution in [0.5, 0.6) is 0 Å². The summed E-state index contributed by atoms with van der Waals surface area (Å²) in [6, 6.07) is 0. The molecule has 0 spiro atoms. The number of halogens is 1. The highest BCUT2D eigenvalue weighted by Crippen LogP contribution is 2.31. The largest absolute Gasteiger partial charge is 0.342 e. The Labute approximate surface area is 132 Å². The van der Waals surface area contributed by atoms with E-state index in [1.165, 1.54) is 18.4 Å². The van der Waals surface area contributed by atoms with E-state index in [9.17, 15) is 4.79 Å². The zero-order chi connectivity index (χ0) is 14.1. The molecule has 0 bridgehead atoms. The van der Waals surface area contributed by atoms with Crippen LogP contribution in [0.1, 0.15) is 31.2 Å². The summed E-state index contributed by atoms with van der Waals surface area (Å²) in [7, 11) is 1.93. The van der Waals surface area contributed by atoms with Gasteiger partial charge in [-0.05, 0) is 17.9 Å². The minimum atomic E-state index is 0. The molecule has 118 valence electrons. The monoisotopic (exact) mass is 312 g/mol. The van der Waals surface area contributed by atoms with Crippen molar-refractivity contribution >= 4 is 18.3 Å². The second-order valence-electron chi connectivity index (χ2n) is 6.17. The minimum Gasteiger partial charge on any atom is -0.342 e. The van der Waals surface area contributed by atoms with Crippen LogP contribution in [-0.4, -0.2) is 46.8 Å². The van der Waals surface area contributed by atoms with E-state index < -0.39 is 0 Å². The number of nitrogens with one attached hydrogen (secondary N) is 1. The van der Waals surface area contributed by atoms with Crippen LogP contribution in [0, 0.1) is 11.8 Å². The Morgan fingerprint density at radius 1 is 1.48 bits per heavy atom. The Hall–Kier alpha value is -1.07. The van der Waals surface area contributed by atoms with E-state index in [1.807, 2.05) is 24.1 Å². The van der Waals surface area contributed by atoms with Crippen LogP contribution in [0.15, 0.2) is 12.4 Å². The molecule has 3 atom stereocenters. The molecule has 21 heavy (non-hydrogen) atoms. The van der Waals surface area contributed by atoms with Gasteiger partial charge in [-0.15, -0.1) is 12.4 Å². The van der Waals surface area contributed by atoms with Crippen LogP contribution in [-0.2, 0) is 11.8 Å². The van der Waals surface area contributed by atoms with E-state index in [0.29, 0.717) is 11.8 Å². The molecule has 2 aliphatic rings. The molecule has 1 aromatic rings. The highest BCUT2D eigenvalue weighted by molar-refractivity contribution is 5.85. The number of hydrogen-bond acceptors (Lipinski definition) is 3. The molecule has 0 aromatic carbocycles. The molecular weight excluding hydrogens is 288 g/mol. The highest BCUT2D eigenvalue weighted by atomic mass is 35.5. The van der Waals surface area contributed by atoms with Crippen LogP contribution >= 0.6 is 12.4 Å². The molecule has 1 N–H and O–H groups in total. The van der Waals surface area contributed by atoms with E-state index in [1.54, 1.807) is 0 Å². The number of hydrogen-bond donors (Lipinski definition) is 1. The van der Waals surface area contributed by atoms with Crippen molar-refractivity contribution < 1.29 is 4.79 Å². The lowest BCUT2D eigenvalue weighted by atomic mass is 9.90. The lowest BCUT2D eigenvalue weighted by Crippen LogP contribution is -2.37. The third kappa shape index (κ3) is 3.24. The molecule has 3 heterocycles. The van der Waals surface area contributed by atoms with Crippen molar-refractivity contribution in [1.29, 1.82) is 0 Å². The van der Waals surface area contributed by atoms with Crippen LogP contribution in [0.25, 0.3) is 0 Å². The van der Waals surface area contributed by atoms with Gasteiger partial charge >= 0.3 is 0 Å². The third-order valence-electron chi connectivity index (χ3n) is 4.86. The summed E-state index contributed by atoms with van der Waals surface area (Å²) in [4.78, 5) is 14.8. The Morgan fingerprint density at radius 3 is 2.90 bits per heavy atom. The number of nitrogens with zero attached hydrogens (tertiary/aromatic N) is 3. The van der Waals surface area contributed by atoms with E-state index in [4.69, 9.17) is 0 Å². The third-order valence-corrected chi connectivity index (χ3v) is 4.86. The van der Waals surface area contributed by atoms with Crippen molar-refractivity contribution in [3.05, 3.63) is 18.0 Å². The molecule has 6 heteroatoms. The molecule has 2 aliphatic heterocycles. The summed E-state index contributed by atoms with van der Waals surface area (Å²) in [5.74, 6) is 1.39. The first-order valence-corrected chi connectivity index (χ1v) is 7.67. The summed E-state index contributed by atoms with van der Waals surface area (Å²) in [6.07, 6.45) is 6.28. The van der Waals surface area contributed by atoms with Gasteiger partial charge in [-0.1, -0.05) is 13.3 Å². The fourth-order valence-electron chi connectivity index (χ4n) is 3.52. The minimum absolute atomic E-state index is 0. The van der Waals surface area contributed by atoms with E-state index in [0.717, 1.165) is 26.2 Å². The maximum Gasteiger partial charge on any atom is 0.227 e. The number of carbonyl (C=O) groups is 1. The Kier molecular flexibility index (Phi) is 5.27. The van der Waals surface area contributed by atoms with Gasteiger partial charge in [-0.3, -0.25) is 9.48 Å². The molecule has 1 unspecified atom stereocenters. The highest BCUT2D eigenvalue weighted by Gasteiger charge is 2.38. The molecule has 2 saturated heterocycles. The van der Waals surface area contributed by atoms with Crippen LogP contribution in [0.4, 0.5) is 0 Å². The average molecular weight is 313 g/mol. The molecule has 5 nitrogen and oxygen atoms in total. The number of aromatic nitrogens is 2. The van der Waals surface area contributed by atoms with Gasteiger partial charge < -0.3 is 10.2 Å². The summed E-state index contributed by atoms with van der Waals surface area (Å²) in [5.41, 5.74) is 1.18. The quantitative estimate of drug-likeness (QED) is 0.918. The van der Waals surface area contributed by atoms with E-state index in [-0.39, 0.29) is 24.2 Å². The number of carbonyl (C=O) groups excluding carboxylic acids is 1. The van der Waals surface area contributed by atoms with Crippen molar-refractivity contribution in [2.75, 3.05) is 26.2 Å². The summed E-state index contributed by atoms with van der Waals surface area (Å²) in [5, 5.41) is 7.62. The summed E-state index contributed by atoms with van der Waals surface area (Å²) in [6.45, 7) is 5.78. The van der Waals surface area contributed by atoms with Crippen molar-refractivity contribution in [1.82, 2.24) is 20.0 Å². The maximum absolute atomic E-state index is 12.8. The van der Waals surface area contributed by atoms with Gasteiger partial charge in [-0.2, -0.15) is 5.10 Å². The first-order valence-electron chi connectivity index (χ1n) is 7.67. The van der Waals surface area contributed by atoms with Gasteiger partial charge in [0, 0.05) is 45.3 Å². The smallest absolute Gasteiger partial charge is 0.227 e. The van der Waals surface area contributed by atoms with Crippen molar-refractivity contribution in [2.24, 2.45) is 18.9 Å². The maximum atomic E-state index is 12.8. The number of amides is 1. The zero-order valence-electron chi connectivity index (χ0n) is 12.8. The molecular formula is C15H25ClN4O. The van der Waals surface area contributed by atoms with Crippen LogP contribution in [0.2, 0.25) is 0 Å². The fourth-order valence-corrected chi connectivity index (χ4v) is 3.52. The normalized spacial score (nSPS) is 28.7. The summed E-state index contributed by atoms with van der Waals surface area (Å²) >= 11 is 0. The molecule has 0 saturated carbocycles. The van der Waals surface area contributed by atoms with Crippen LogP contribution < -0.4 is 5.32 Å².